The molecule has 0 N–H and O–H groups in total. The molecule has 0 fully saturated rings. The fourth-order valence-electron chi connectivity index (χ4n) is 0. The van der Waals surface area contributed by atoms with Crippen molar-refractivity contribution in [1.82, 2.24) is 0 Å². The van der Waals surface area contributed by atoms with E-state index in [-0.39, 0.29) is 26.9 Å². The normalized spacial score (nSPS) is 8.00. The molecular weight excluding hydrogens is 383 g/mol. The van der Waals surface area contributed by atoms with Crippen LogP contribution in [0.25, 0.3) is 0 Å². The Hall–Kier alpha value is 2.34. The Morgan fingerprint density at radius 1 is 0.333 bits per heavy atom. The Balaban J connectivity index is -0.0000000257. The summed E-state index contributed by atoms with van der Waals surface area (Å²) in [7, 11) is 1.52. The van der Waals surface area contributed by atoms with E-state index in [1.807, 2.05) is 0 Å². The molecule has 0 nitrogen and oxygen atoms in total. The monoisotopic (exact) mass is 422 g/mol. The summed E-state index contributed by atoms with van der Waals surface area (Å²) in [6.45, 7) is 26.8. The van der Waals surface area contributed by atoms with Gasteiger partial charge in [0.2, 0.25) is 0 Å². The average molecular weight is 422 g/mol. The van der Waals surface area contributed by atoms with Gasteiger partial charge in [0.25, 0.3) is 0 Å². The first-order valence-electron chi connectivity index (χ1n) is 5.37. The summed E-state index contributed by atoms with van der Waals surface area (Å²) in [5.41, 5.74) is 0. The zero-order valence-electron chi connectivity index (χ0n) is 15.1. The van der Waals surface area contributed by atoms with Crippen molar-refractivity contribution in [2.24, 2.45) is 0 Å². The molecule has 0 aromatic rings. The van der Waals surface area contributed by atoms with Gasteiger partial charge in [-0.05, 0) is 80.0 Å². The van der Waals surface area contributed by atoms with Crippen LogP contribution in [-0.2, 0) is 19.5 Å². The van der Waals surface area contributed by atoms with Gasteiger partial charge in [0, 0.05) is 19.5 Å². The first kappa shape index (κ1) is 37.0. The van der Waals surface area contributed by atoms with Crippen LogP contribution in [0, 0.1) is 7.43 Å². The smallest absolute Gasteiger partial charge is 0 e. The molecule has 18 heavy (non-hydrogen) atoms. The van der Waals surface area contributed by atoms with Crippen molar-refractivity contribution in [3.05, 3.63) is 7.43 Å². The van der Waals surface area contributed by atoms with Gasteiger partial charge in [-0.25, -0.2) is 0 Å². The van der Waals surface area contributed by atoms with Crippen LogP contribution in [0.4, 0.5) is 0 Å². The molecule has 0 saturated heterocycles. The topological polar surface area (TPSA) is 0 Å². The van der Waals surface area contributed by atoms with Gasteiger partial charge in [0.05, 0.1) is 0 Å². The third-order valence-electron chi connectivity index (χ3n) is 0. The maximum absolute atomic E-state index is 2.23. The molecule has 5 heteroatoms. The van der Waals surface area contributed by atoms with E-state index in [9.17, 15) is 0 Å². The number of rotatable bonds is 0. The summed E-state index contributed by atoms with van der Waals surface area (Å²) in [4.78, 5) is 0. The largest absolute Gasteiger partial charge is 0.358 e. The van der Waals surface area contributed by atoms with Crippen LogP contribution >= 0.6 is 31.7 Å². The van der Waals surface area contributed by atoms with Crippen molar-refractivity contribution >= 4 is 31.7 Å². The van der Waals surface area contributed by atoms with Gasteiger partial charge in [0.1, 0.15) is 0 Å². The molecule has 1 radical (unpaired) electrons. The van der Waals surface area contributed by atoms with E-state index in [2.05, 4.69) is 80.0 Å². The summed E-state index contributed by atoms with van der Waals surface area (Å²) < 4.78 is 0. The zero-order valence-corrected chi connectivity index (χ0v) is 20.3. The minimum absolute atomic E-state index is 0. The van der Waals surface area contributed by atoms with Crippen LogP contribution in [0.15, 0.2) is 0 Å². The fraction of sp³-hybridized carbons (Fsp3) is 0.923. The molecule has 0 bridgehead atoms. The zero-order chi connectivity index (χ0) is 14.3. The SMILES string of the molecule is CP(C)C.CP(C)C.CP(C)C.CP(C)C.[CH3-].[Rh]. The third-order valence-corrected chi connectivity index (χ3v) is 0. The Morgan fingerprint density at radius 2 is 0.333 bits per heavy atom. The summed E-state index contributed by atoms with van der Waals surface area (Å²) in [6.07, 6.45) is 0. The second-order valence-electron chi connectivity index (χ2n) is 5.37. The van der Waals surface area contributed by atoms with Crippen molar-refractivity contribution in [3.8, 4) is 0 Å². The third kappa shape index (κ3) is 1000. The van der Waals surface area contributed by atoms with Gasteiger partial charge < -0.3 is 7.43 Å². The molecule has 0 aromatic heterocycles. The van der Waals surface area contributed by atoms with Crippen molar-refractivity contribution in [1.29, 1.82) is 0 Å². The van der Waals surface area contributed by atoms with Crippen LogP contribution in [-0.4, -0.2) is 80.0 Å². The van der Waals surface area contributed by atoms with Gasteiger partial charge >= 0.3 is 0 Å². The van der Waals surface area contributed by atoms with Gasteiger partial charge in [0.15, 0.2) is 0 Å². The quantitative estimate of drug-likeness (QED) is 0.260. The van der Waals surface area contributed by atoms with Crippen molar-refractivity contribution in [3.63, 3.8) is 0 Å². The molecule has 0 spiro atoms. The molecule has 0 saturated carbocycles. The Labute approximate surface area is 138 Å². The predicted molar refractivity (Wildman–Crippen MR) is 105 cm³/mol. The van der Waals surface area contributed by atoms with Crippen LogP contribution in [0.2, 0.25) is 0 Å². The van der Waals surface area contributed by atoms with E-state index in [1.165, 1.54) is 0 Å². The first-order valence-corrected chi connectivity index (χ1v) is 16.1. The van der Waals surface area contributed by atoms with Gasteiger partial charge in [-0.1, -0.05) is 0 Å². The summed E-state index contributed by atoms with van der Waals surface area (Å²) in [5, 5.41) is 0. The molecule has 0 aromatic carbocycles. The molecule has 0 heterocycles. The maximum atomic E-state index is 2.23. The molecule has 0 atom stereocenters. The summed E-state index contributed by atoms with van der Waals surface area (Å²) >= 11 is 0. The molecule has 0 aliphatic rings. The maximum Gasteiger partial charge on any atom is 0 e. The van der Waals surface area contributed by atoms with Gasteiger partial charge in [-0.3, -0.25) is 0 Å². The summed E-state index contributed by atoms with van der Waals surface area (Å²) in [5.74, 6) is 0. The second-order valence-corrected chi connectivity index (χ2v) is 16.1. The van der Waals surface area contributed by atoms with E-state index in [0.717, 1.165) is 0 Å². The van der Waals surface area contributed by atoms with Crippen molar-refractivity contribution in [2.75, 3.05) is 80.0 Å². The van der Waals surface area contributed by atoms with E-state index in [4.69, 9.17) is 0 Å². The van der Waals surface area contributed by atoms with Gasteiger partial charge in [-0.15, -0.1) is 31.7 Å². The second kappa shape index (κ2) is 31.6. The minimum atomic E-state index is 0. The number of hydrogen-bond acceptors (Lipinski definition) is 0. The Bertz CT molecular complexity index is 62.0. The molecule has 0 aliphatic heterocycles. The van der Waals surface area contributed by atoms with Crippen LogP contribution in [0.3, 0.4) is 0 Å². The Morgan fingerprint density at radius 3 is 0.333 bits per heavy atom. The minimum Gasteiger partial charge on any atom is -0.358 e. The molecule has 0 aliphatic carbocycles. The molecule has 0 amide bonds. The van der Waals surface area contributed by atoms with E-state index in [0.29, 0.717) is 31.7 Å². The van der Waals surface area contributed by atoms with Gasteiger partial charge in [-0.2, -0.15) is 0 Å². The van der Waals surface area contributed by atoms with Crippen LogP contribution in [0.1, 0.15) is 0 Å². The first-order chi connectivity index (χ1) is 6.93. The van der Waals surface area contributed by atoms with Crippen molar-refractivity contribution < 1.29 is 19.5 Å². The molecule has 121 valence electrons. The molecular formula is C13H39P4Rh-. The molecule has 0 rings (SSSR count). The van der Waals surface area contributed by atoms with E-state index >= 15 is 0 Å². The van der Waals surface area contributed by atoms with Crippen molar-refractivity contribution in [2.45, 2.75) is 0 Å². The number of hydrogen-bond donors (Lipinski definition) is 0. The van der Waals surface area contributed by atoms with E-state index < -0.39 is 0 Å². The fourth-order valence-corrected chi connectivity index (χ4v) is 0. The molecule has 0 unspecified atom stereocenters. The van der Waals surface area contributed by atoms with Crippen LogP contribution in [0.5, 0.6) is 0 Å². The standard InChI is InChI=1S/4C3H9P.CH3.Rh/c4*1-4(2)3;;/h4*1-3H3;1H3;/q;;;;-1;. The average Bonchev–Trinajstić information content (AvgIpc) is 1.76. The summed E-state index contributed by atoms with van der Waals surface area (Å²) in [6, 6.07) is 0. The predicted octanol–water partition coefficient (Wildman–Crippen LogP) is 5.88. The Kier molecular flexibility index (Phi) is 65.0. The van der Waals surface area contributed by atoms with Crippen LogP contribution < -0.4 is 0 Å². The van der Waals surface area contributed by atoms with E-state index in [1.54, 1.807) is 0 Å².